The van der Waals surface area contributed by atoms with Crippen LogP contribution in [0.1, 0.15) is 90.7 Å². The molecule has 2 N–H and O–H groups in total. The van der Waals surface area contributed by atoms with E-state index in [4.69, 9.17) is 10.2 Å². The Morgan fingerprint density at radius 3 is 2.62 bits per heavy atom. The molecule has 0 radical (unpaired) electrons. The molecule has 4 heteroatoms. The van der Waals surface area contributed by atoms with Crippen molar-refractivity contribution in [2.24, 2.45) is 5.41 Å². The number of nitrogens with two attached hydrogens (primary N) is 1. The van der Waals surface area contributed by atoms with E-state index in [0.717, 1.165) is 49.4 Å². The van der Waals surface area contributed by atoms with Crippen LogP contribution in [-0.4, -0.2) is 18.1 Å². The summed E-state index contributed by atoms with van der Waals surface area (Å²) in [4.78, 5) is 13.8. The second kappa shape index (κ2) is 10.7. The zero-order valence-electron chi connectivity index (χ0n) is 23.4. The van der Waals surface area contributed by atoms with Gasteiger partial charge in [0, 0.05) is 41.4 Å². The van der Waals surface area contributed by atoms with Crippen LogP contribution in [0.25, 0.3) is 0 Å². The predicted molar refractivity (Wildman–Crippen MR) is 155 cm³/mol. The molecule has 1 unspecified atom stereocenters. The lowest BCUT2D eigenvalue weighted by molar-refractivity contribution is -0.377. The highest BCUT2D eigenvalue weighted by atomic mass is 16.4. The van der Waals surface area contributed by atoms with E-state index in [9.17, 15) is 4.79 Å². The summed E-state index contributed by atoms with van der Waals surface area (Å²) in [6.45, 7) is 13.9. The van der Waals surface area contributed by atoms with Crippen LogP contribution in [0, 0.1) is 5.41 Å². The molecule has 0 spiro atoms. The van der Waals surface area contributed by atoms with Gasteiger partial charge in [-0.25, -0.2) is 4.42 Å². The van der Waals surface area contributed by atoms with Gasteiger partial charge in [-0.3, -0.25) is 0 Å². The minimum atomic E-state index is -0.0783. The Hall–Kier alpha value is -3.14. The van der Waals surface area contributed by atoms with E-state index in [0.29, 0.717) is 6.42 Å². The molecule has 196 valence electrons. The highest BCUT2D eigenvalue weighted by Gasteiger charge is 2.40. The maximum atomic E-state index is 11.3. The normalized spacial score (nSPS) is 19.7. The fourth-order valence-electron chi connectivity index (χ4n) is 5.54. The van der Waals surface area contributed by atoms with Crippen molar-refractivity contribution in [1.82, 2.24) is 0 Å². The molecule has 0 amide bonds. The number of fused-ring (bicyclic) bond motifs is 2. The van der Waals surface area contributed by atoms with Crippen molar-refractivity contribution in [3.63, 3.8) is 0 Å². The number of nitrogen functional groups attached to an aromatic ring is 1. The van der Waals surface area contributed by atoms with Crippen LogP contribution in [0.3, 0.4) is 0 Å². The lowest BCUT2D eigenvalue weighted by Gasteiger charge is -2.27. The minimum Gasteiger partial charge on any atom is -0.398 e. The van der Waals surface area contributed by atoms with Crippen LogP contribution < -0.4 is 10.6 Å². The maximum absolute atomic E-state index is 11.3. The number of hydrogen-bond donors (Lipinski definition) is 1. The average molecular weight is 500 g/mol. The van der Waals surface area contributed by atoms with Gasteiger partial charge in [0.2, 0.25) is 0 Å². The summed E-state index contributed by atoms with van der Waals surface area (Å²) < 4.78 is 6.32. The van der Waals surface area contributed by atoms with E-state index in [2.05, 4.69) is 88.1 Å². The average Bonchev–Trinajstić information content (AvgIpc) is 3.04. The van der Waals surface area contributed by atoms with E-state index in [-0.39, 0.29) is 22.5 Å². The van der Waals surface area contributed by atoms with E-state index in [1.807, 2.05) is 12.1 Å². The van der Waals surface area contributed by atoms with Crippen LogP contribution in [-0.2, 0) is 14.6 Å². The van der Waals surface area contributed by atoms with E-state index >= 15 is 0 Å². The van der Waals surface area contributed by atoms with Crippen LogP contribution in [0.5, 0.6) is 5.75 Å². The van der Waals surface area contributed by atoms with Crippen molar-refractivity contribution < 1.29 is 9.22 Å². The number of Topliss-reactive ketones (excluding diaryl/α,β-unsaturated/α-hetero) is 1. The number of hydrogen-bond acceptors (Lipinski definition) is 3. The maximum Gasteiger partial charge on any atom is 0.358 e. The number of nitrogens with zero attached hydrogens (tertiary/aromatic N) is 1. The standard InChI is InChI=1S/C33H43N2O2/c1-23(36)13-8-7-11-20-35-28-16-10-9-15-27(28)33(5,6)30(35)17-12-14-24-21-31(32(2,3)4)37-29-22-25(34)18-19-26(24)29/h9-10,12,14-19,22,24H,7-8,11,13,20-21,34H2,1-6H3/q+1/b14-12+,30-17+. The Morgan fingerprint density at radius 2 is 1.89 bits per heavy atom. The van der Waals surface area contributed by atoms with E-state index in [1.54, 1.807) is 6.92 Å². The fraction of sp³-hybridized carbons (Fsp3) is 0.455. The van der Waals surface area contributed by atoms with Crippen LogP contribution in [0.2, 0.25) is 0 Å². The van der Waals surface area contributed by atoms with Gasteiger partial charge in [-0.1, -0.05) is 50.6 Å². The van der Waals surface area contributed by atoms with Gasteiger partial charge in [0.1, 0.15) is 5.78 Å². The lowest BCUT2D eigenvalue weighted by Crippen LogP contribution is -2.27. The summed E-state index contributed by atoms with van der Waals surface area (Å²) in [5, 5.41) is 0. The monoisotopic (exact) mass is 499 g/mol. The third-order valence-electron chi connectivity index (χ3n) is 7.72. The molecule has 1 atom stereocenters. The fourth-order valence-corrected chi connectivity index (χ4v) is 5.54. The quantitative estimate of drug-likeness (QED) is 0.227. The second-order valence-electron chi connectivity index (χ2n) is 12.1. The van der Waals surface area contributed by atoms with Crippen molar-refractivity contribution in [2.45, 2.75) is 85.0 Å². The molecule has 0 fully saturated rings. The first kappa shape index (κ1) is 26.9. The van der Waals surface area contributed by atoms with Gasteiger partial charge in [-0.2, -0.15) is 0 Å². The first-order valence-electron chi connectivity index (χ1n) is 13.7. The number of rotatable bonds is 8. The number of allylic oxidation sites excluding steroid dienone is 4. The van der Waals surface area contributed by atoms with Gasteiger partial charge >= 0.3 is 11.5 Å². The van der Waals surface area contributed by atoms with Gasteiger partial charge in [-0.15, -0.1) is 0 Å². The van der Waals surface area contributed by atoms with Crippen LogP contribution in [0.4, 0.5) is 11.4 Å². The molecule has 2 aromatic carbocycles. The van der Waals surface area contributed by atoms with Crippen LogP contribution >= 0.6 is 0 Å². The number of anilines is 2. The van der Waals surface area contributed by atoms with Crippen molar-refractivity contribution >= 4 is 22.9 Å². The molecule has 2 aromatic rings. The Morgan fingerprint density at radius 1 is 1.14 bits per heavy atom. The number of para-hydroxylation sites is 1. The Kier molecular flexibility index (Phi) is 7.77. The Labute approximate surface area is 223 Å². The first-order valence-corrected chi connectivity index (χ1v) is 13.7. The minimum absolute atomic E-state index is 0.0406. The first-order chi connectivity index (χ1) is 17.5. The SMILES string of the molecule is CC(=O)CCCCCN1/C(=C/C=C/C2CC(C(C)(C)C)=[O+]c3cc(N)ccc32)C(C)(C)c2ccccc21. The lowest BCUT2D eigenvalue weighted by atomic mass is 9.81. The van der Waals surface area contributed by atoms with E-state index < -0.39 is 0 Å². The number of benzene rings is 2. The third kappa shape index (κ3) is 5.89. The zero-order chi connectivity index (χ0) is 26.8. The number of carbonyl (C=O) groups excluding carboxylic acids is 2. The molecule has 0 saturated carbocycles. The summed E-state index contributed by atoms with van der Waals surface area (Å²) in [7, 11) is 0. The van der Waals surface area contributed by atoms with Gasteiger partial charge in [0.15, 0.2) is 0 Å². The topological polar surface area (TPSA) is 57.6 Å². The number of unbranched alkanes of at least 4 members (excludes halogenated alkanes) is 2. The van der Waals surface area contributed by atoms with E-state index in [1.165, 1.54) is 22.5 Å². The molecule has 2 heterocycles. The molecule has 2 aliphatic rings. The summed E-state index contributed by atoms with van der Waals surface area (Å²) in [5.74, 6) is 2.48. The summed E-state index contributed by atoms with van der Waals surface area (Å²) in [6.07, 6.45) is 11.5. The summed E-state index contributed by atoms with van der Waals surface area (Å²) >= 11 is 0. The van der Waals surface area contributed by atoms with Gasteiger partial charge in [0.05, 0.1) is 23.5 Å². The molecular formula is C33H43N2O2+. The summed E-state index contributed by atoms with van der Waals surface area (Å²) in [5.41, 5.74) is 11.9. The highest BCUT2D eigenvalue weighted by molar-refractivity contribution is 5.87. The van der Waals surface area contributed by atoms with Crippen molar-refractivity contribution in [3.8, 4) is 5.75 Å². The molecule has 0 aromatic heterocycles. The van der Waals surface area contributed by atoms with Crippen molar-refractivity contribution in [2.75, 3.05) is 17.2 Å². The Balaban J connectivity index is 1.61. The second-order valence-corrected chi connectivity index (χ2v) is 12.1. The van der Waals surface area contributed by atoms with Crippen molar-refractivity contribution in [1.29, 1.82) is 0 Å². The molecule has 0 aliphatic carbocycles. The number of ketones is 2. The van der Waals surface area contributed by atoms with Gasteiger partial charge < -0.3 is 15.4 Å². The Bertz CT molecular complexity index is 1240. The highest BCUT2D eigenvalue weighted by Crippen LogP contribution is 2.48. The largest absolute Gasteiger partial charge is 0.398 e. The molecule has 0 bridgehead atoms. The molecule has 4 nitrogen and oxygen atoms in total. The van der Waals surface area contributed by atoms with Gasteiger partial charge in [0.25, 0.3) is 0 Å². The summed E-state index contributed by atoms with van der Waals surface area (Å²) in [6, 6.07) is 14.8. The molecule has 2 aliphatic heterocycles. The molecule has 37 heavy (non-hydrogen) atoms. The van der Waals surface area contributed by atoms with Crippen molar-refractivity contribution in [3.05, 3.63) is 77.5 Å². The van der Waals surface area contributed by atoms with Crippen LogP contribution in [0.15, 0.2) is 66.4 Å². The molecule has 4 rings (SSSR count). The molecule has 0 saturated heterocycles. The smallest absolute Gasteiger partial charge is 0.358 e. The third-order valence-corrected chi connectivity index (χ3v) is 7.72. The zero-order valence-corrected chi connectivity index (χ0v) is 23.4. The van der Waals surface area contributed by atoms with Gasteiger partial charge in [-0.05, 0) is 70.4 Å². The predicted octanol–water partition coefficient (Wildman–Crippen LogP) is 8.01. The molecular weight excluding hydrogens is 456 g/mol. The number of carbonyl (C=O) groups is 1.